The van der Waals surface area contributed by atoms with Gasteiger partial charge in [0, 0.05) is 24.8 Å². The molecule has 0 saturated carbocycles. The molecule has 1 aromatic heterocycles. The topological polar surface area (TPSA) is 76.6 Å². The summed E-state index contributed by atoms with van der Waals surface area (Å²) in [4.78, 5) is 22.8. The summed E-state index contributed by atoms with van der Waals surface area (Å²) in [5.74, 6) is 1.73. The lowest BCUT2D eigenvalue weighted by Crippen LogP contribution is -2.23. The number of carbonyl (C=O) groups excluding carboxylic acids is 1. The molecule has 7 nitrogen and oxygen atoms in total. The molecule has 0 atom stereocenters. The van der Waals surface area contributed by atoms with Gasteiger partial charge in [0.15, 0.2) is 11.5 Å². The number of amides is 1. The van der Waals surface area contributed by atoms with Crippen LogP contribution in [0.3, 0.4) is 0 Å². The summed E-state index contributed by atoms with van der Waals surface area (Å²) in [7, 11) is 0. The zero-order chi connectivity index (χ0) is 16.2. The third kappa shape index (κ3) is 3.18. The minimum atomic E-state index is -0.317. The van der Waals surface area contributed by atoms with E-state index in [2.05, 4.69) is 20.2 Å². The molecule has 1 N–H and O–H groups in total. The largest absolute Gasteiger partial charge is 0.454 e. The SMILES string of the molecule is CCN(CC)c1cnc(C(=O)Nc2ccc3c(c2)OCO3)cn1. The average molecular weight is 314 g/mol. The van der Waals surface area contributed by atoms with E-state index in [0.717, 1.165) is 18.9 Å². The molecule has 0 spiro atoms. The van der Waals surface area contributed by atoms with Gasteiger partial charge in [-0.2, -0.15) is 0 Å². The summed E-state index contributed by atoms with van der Waals surface area (Å²) in [5.41, 5.74) is 0.882. The normalized spacial score (nSPS) is 12.1. The number of nitrogens with one attached hydrogen (secondary N) is 1. The number of carbonyl (C=O) groups is 1. The van der Waals surface area contributed by atoms with Gasteiger partial charge in [-0.3, -0.25) is 4.79 Å². The van der Waals surface area contributed by atoms with Crippen LogP contribution in [0.2, 0.25) is 0 Å². The molecule has 1 aliphatic heterocycles. The van der Waals surface area contributed by atoms with E-state index in [-0.39, 0.29) is 18.4 Å². The standard InChI is InChI=1S/C16H18N4O3/c1-3-20(4-2)15-9-17-12(8-18-15)16(21)19-11-5-6-13-14(7-11)23-10-22-13/h5-9H,3-4,10H2,1-2H3,(H,19,21). The van der Waals surface area contributed by atoms with Crippen LogP contribution in [0, 0.1) is 0 Å². The highest BCUT2D eigenvalue weighted by molar-refractivity contribution is 6.02. The Bertz CT molecular complexity index is 699. The van der Waals surface area contributed by atoms with Crippen molar-refractivity contribution in [2.75, 3.05) is 30.1 Å². The minimum Gasteiger partial charge on any atom is -0.454 e. The molecule has 120 valence electrons. The van der Waals surface area contributed by atoms with Crippen LogP contribution in [0.4, 0.5) is 11.5 Å². The Hall–Kier alpha value is -2.83. The van der Waals surface area contributed by atoms with Crippen LogP contribution in [0.15, 0.2) is 30.6 Å². The highest BCUT2D eigenvalue weighted by atomic mass is 16.7. The van der Waals surface area contributed by atoms with Crippen LogP contribution in [0.25, 0.3) is 0 Å². The molecule has 0 unspecified atom stereocenters. The van der Waals surface area contributed by atoms with Gasteiger partial charge >= 0.3 is 0 Å². The highest BCUT2D eigenvalue weighted by Crippen LogP contribution is 2.34. The second-order valence-corrected chi connectivity index (χ2v) is 4.95. The van der Waals surface area contributed by atoms with Crippen molar-refractivity contribution in [1.82, 2.24) is 9.97 Å². The Labute approximate surface area is 134 Å². The van der Waals surface area contributed by atoms with Gasteiger partial charge < -0.3 is 19.7 Å². The number of aromatic nitrogens is 2. The first kappa shape index (κ1) is 15.1. The van der Waals surface area contributed by atoms with E-state index in [4.69, 9.17) is 9.47 Å². The van der Waals surface area contributed by atoms with Crippen molar-refractivity contribution in [3.63, 3.8) is 0 Å². The van der Waals surface area contributed by atoms with Gasteiger partial charge in [-0.05, 0) is 26.0 Å². The van der Waals surface area contributed by atoms with Crippen LogP contribution in [-0.2, 0) is 0 Å². The molecule has 0 bridgehead atoms. The predicted molar refractivity (Wildman–Crippen MR) is 86.1 cm³/mol. The van der Waals surface area contributed by atoms with Gasteiger partial charge in [-0.1, -0.05) is 0 Å². The molecule has 1 aliphatic rings. The second-order valence-electron chi connectivity index (χ2n) is 4.95. The molecule has 0 saturated heterocycles. The van der Waals surface area contributed by atoms with E-state index in [1.807, 2.05) is 13.8 Å². The number of rotatable bonds is 5. The third-order valence-electron chi connectivity index (χ3n) is 3.59. The number of hydrogen-bond donors (Lipinski definition) is 1. The second kappa shape index (κ2) is 6.51. The number of fused-ring (bicyclic) bond motifs is 1. The molecule has 3 rings (SSSR count). The minimum absolute atomic E-state index is 0.199. The summed E-state index contributed by atoms with van der Waals surface area (Å²) >= 11 is 0. The van der Waals surface area contributed by atoms with E-state index >= 15 is 0 Å². The summed E-state index contributed by atoms with van der Waals surface area (Å²) < 4.78 is 10.5. The first-order chi connectivity index (χ1) is 11.2. The Morgan fingerprint density at radius 2 is 1.96 bits per heavy atom. The maximum absolute atomic E-state index is 12.2. The summed E-state index contributed by atoms with van der Waals surface area (Å²) in [6.45, 7) is 5.98. The van der Waals surface area contributed by atoms with Crippen molar-refractivity contribution >= 4 is 17.4 Å². The summed E-state index contributed by atoms with van der Waals surface area (Å²) in [6.07, 6.45) is 3.09. The van der Waals surface area contributed by atoms with Gasteiger partial charge in [0.25, 0.3) is 5.91 Å². The fourth-order valence-corrected chi connectivity index (χ4v) is 2.32. The molecular weight excluding hydrogens is 296 g/mol. The Kier molecular flexibility index (Phi) is 4.27. The van der Waals surface area contributed by atoms with E-state index in [0.29, 0.717) is 17.2 Å². The van der Waals surface area contributed by atoms with Crippen molar-refractivity contribution in [2.24, 2.45) is 0 Å². The van der Waals surface area contributed by atoms with E-state index in [9.17, 15) is 4.79 Å². The predicted octanol–water partition coefficient (Wildman–Crippen LogP) is 2.30. The molecule has 7 heteroatoms. The molecular formula is C16H18N4O3. The molecule has 1 aromatic carbocycles. The first-order valence-electron chi connectivity index (χ1n) is 7.49. The zero-order valence-corrected chi connectivity index (χ0v) is 13.1. The van der Waals surface area contributed by atoms with Gasteiger partial charge in [0.2, 0.25) is 6.79 Å². The fourth-order valence-electron chi connectivity index (χ4n) is 2.32. The lowest BCUT2D eigenvalue weighted by atomic mass is 10.2. The van der Waals surface area contributed by atoms with Crippen molar-refractivity contribution in [1.29, 1.82) is 0 Å². The zero-order valence-electron chi connectivity index (χ0n) is 13.1. The van der Waals surface area contributed by atoms with Crippen LogP contribution in [0.5, 0.6) is 11.5 Å². The van der Waals surface area contributed by atoms with E-state index < -0.39 is 0 Å². The fraction of sp³-hybridized carbons (Fsp3) is 0.312. The number of benzene rings is 1. The molecule has 1 amide bonds. The van der Waals surface area contributed by atoms with Crippen LogP contribution in [0.1, 0.15) is 24.3 Å². The summed E-state index contributed by atoms with van der Waals surface area (Å²) in [5, 5.41) is 2.77. The molecule has 23 heavy (non-hydrogen) atoms. The monoisotopic (exact) mass is 314 g/mol. The molecule has 0 fully saturated rings. The number of ether oxygens (including phenoxy) is 2. The van der Waals surface area contributed by atoms with Crippen molar-refractivity contribution in [3.8, 4) is 11.5 Å². The molecule has 2 heterocycles. The van der Waals surface area contributed by atoms with Gasteiger partial charge in [0.1, 0.15) is 11.5 Å². The van der Waals surface area contributed by atoms with Crippen LogP contribution >= 0.6 is 0 Å². The molecule has 0 radical (unpaired) electrons. The van der Waals surface area contributed by atoms with E-state index in [1.54, 1.807) is 24.4 Å². The average Bonchev–Trinajstić information content (AvgIpc) is 3.04. The van der Waals surface area contributed by atoms with Crippen molar-refractivity contribution in [2.45, 2.75) is 13.8 Å². The molecule has 2 aromatic rings. The highest BCUT2D eigenvalue weighted by Gasteiger charge is 2.15. The molecule has 0 aliphatic carbocycles. The smallest absolute Gasteiger partial charge is 0.275 e. The van der Waals surface area contributed by atoms with E-state index in [1.165, 1.54) is 6.20 Å². The van der Waals surface area contributed by atoms with Crippen molar-refractivity contribution < 1.29 is 14.3 Å². The number of hydrogen-bond acceptors (Lipinski definition) is 6. The van der Waals surface area contributed by atoms with Gasteiger partial charge in [0.05, 0.1) is 12.4 Å². The first-order valence-corrected chi connectivity index (χ1v) is 7.49. The number of nitrogens with zero attached hydrogens (tertiary/aromatic N) is 3. The van der Waals surface area contributed by atoms with Crippen LogP contribution < -0.4 is 19.7 Å². The van der Waals surface area contributed by atoms with Gasteiger partial charge in [-0.25, -0.2) is 9.97 Å². The van der Waals surface area contributed by atoms with Crippen LogP contribution in [-0.4, -0.2) is 35.8 Å². The maximum atomic E-state index is 12.2. The maximum Gasteiger partial charge on any atom is 0.275 e. The number of anilines is 2. The Balaban J connectivity index is 1.71. The quantitative estimate of drug-likeness (QED) is 0.912. The lowest BCUT2D eigenvalue weighted by molar-refractivity contribution is 0.102. The van der Waals surface area contributed by atoms with Gasteiger partial charge in [-0.15, -0.1) is 0 Å². The summed E-state index contributed by atoms with van der Waals surface area (Å²) in [6, 6.07) is 5.23. The van der Waals surface area contributed by atoms with Crippen molar-refractivity contribution in [3.05, 3.63) is 36.3 Å². The third-order valence-corrected chi connectivity index (χ3v) is 3.59. The lowest BCUT2D eigenvalue weighted by Gasteiger charge is -2.18. The Morgan fingerprint density at radius 1 is 1.17 bits per heavy atom. The Morgan fingerprint density at radius 3 is 2.65 bits per heavy atom.